The fraction of sp³-hybridized carbons (Fsp3) is 0.200. The number of rotatable bonds is 4. The van der Waals surface area contributed by atoms with Crippen molar-refractivity contribution in [2.75, 3.05) is 0 Å². The van der Waals surface area contributed by atoms with Crippen LogP contribution in [-0.4, -0.2) is 18.4 Å². The first-order chi connectivity index (χ1) is 6.63. The summed E-state index contributed by atoms with van der Waals surface area (Å²) in [6.07, 6.45) is -0.302. The zero-order valence-corrected chi connectivity index (χ0v) is 7.60. The summed E-state index contributed by atoms with van der Waals surface area (Å²) in [5.41, 5.74) is 0.512. The molecule has 74 valence electrons. The van der Waals surface area contributed by atoms with E-state index >= 15 is 0 Å². The van der Waals surface area contributed by atoms with Crippen LogP contribution in [0.25, 0.3) is 0 Å². The van der Waals surface area contributed by atoms with Gasteiger partial charge in [0, 0.05) is 5.56 Å². The Hall–Kier alpha value is -1.84. The van der Waals surface area contributed by atoms with E-state index in [9.17, 15) is 14.7 Å². The first-order valence-corrected chi connectivity index (χ1v) is 4.06. The summed E-state index contributed by atoms with van der Waals surface area (Å²) in [4.78, 5) is 20.6. The van der Waals surface area contributed by atoms with Crippen molar-refractivity contribution in [2.24, 2.45) is 0 Å². The van der Waals surface area contributed by atoms with Crippen LogP contribution >= 0.6 is 0 Å². The standard InChI is InChI=1S/C10H10O4/c1-7(10(12)13)14-9-4-2-8(6-11)3-5-9/h2-7H,1H3,(H,12,13)/p-1. The van der Waals surface area contributed by atoms with Gasteiger partial charge in [-0.05, 0) is 31.2 Å². The van der Waals surface area contributed by atoms with Crippen LogP contribution in [0.5, 0.6) is 5.75 Å². The van der Waals surface area contributed by atoms with Gasteiger partial charge in [0.15, 0.2) is 0 Å². The van der Waals surface area contributed by atoms with Crippen LogP contribution in [0.2, 0.25) is 0 Å². The fourth-order valence-electron chi connectivity index (χ4n) is 0.877. The number of hydrogen-bond acceptors (Lipinski definition) is 4. The zero-order valence-electron chi connectivity index (χ0n) is 7.60. The number of carboxylic acids is 1. The van der Waals surface area contributed by atoms with E-state index in [1.807, 2.05) is 0 Å². The number of benzene rings is 1. The summed E-state index contributed by atoms with van der Waals surface area (Å²) in [7, 11) is 0. The molecule has 4 heteroatoms. The van der Waals surface area contributed by atoms with Gasteiger partial charge in [-0.15, -0.1) is 0 Å². The number of aldehydes is 1. The Kier molecular flexibility index (Phi) is 3.23. The molecule has 0 saturated heterocycles. The highest BCUT2D eigenvalue weighted by atomic mass is 16.5. The van der Waals surface area contributed by atoms with Crippen molar-refractivity contribution >= 4 is 12.3 Å². The molecule has 1 rings (SSSR count). The normalized spacial score (nSPS) is 11.8. The molecule has 0 heterocycles. The van der Waals surface area contributed by atoms with E-state index in [-0.39, 0.29) is 0 Å². The first kappa shape index (κ1) is 10.2. The van der Waals surface area contributed by atoms with Gasteiger partial charge in [0.2, 0.25) is 0 Å². The summed E-state index contributed by atoms with van der Waals surface area (Å²) < 4.78 is 5.00. The molecule has 0 saturated carbocycles. The van der Waals surface area contributed by atoms with E-state index in [1.165, 1.54) is 19.1 Å². The summed E-state index contributed by atoms with van der Waals surface area (Å²) in [5.74, 6) is -0.878. The lowest BCUT2D eigenvalue weighted by molar-refractivity contribution is -0.312. The van der Waals surface area contributed by atoms with Crippen molar-refractivity contribution in [3.8, 4) is 5.75 Å². The minimum atomic E-state index is -1.27. The highest BCUT2D eigenvalue weighted by Gasteiger charge is 2.03. The predicted octanol–water partition coefficient (Wildman–Crippen LogP) is 0.0163. The molecule has 0 radical (unpaired) electrons. The third-order valence-corrected chi connectivity index (χ3v) is 1.66. The average molecular weight is 193 g/mol. The van der Waals surface area contributed by atoms with Gasteiger partial charge in [0.25, 0.3) is 0 Å². The Morgan fingerprint density at radius 1 is 1.43 bits per heavy atom. The molecular weight excluding hydrogens is 184 g/mol. The van der Waals surface area contributed by atoms with Crippen molar-refractivity contribution in [1.29, 1.82) is 0 Å². The molecule has 0 N–H and O–H groups in total. The number of aliphatic carboxylic acids is 1. The minimum Gasteiger partial charge on any atom is -0.546 e. The van der Waals surface area contributed by atoms with E-state index in [0.717, 1.165) is 0 Å². The highest BCUT2D eigenvalue weighted by Crippen LogP contribution is 2.12. The van der Waals surface area contributed by atoms with E-state index in [2.05, 4.69) is 0 Å². The Bertz CT molecular complexity index is 328. The average Bonchev–Trinajstić information content (AvgIpc) is 2.19. The number of carbonyl (C=O) groups excluding carboxylic acids is 2. The SMILES string of the molecule is CC(Oc1ccc(C=O)cc1)C(=O)[O-]. The van der Waals surface area contributed by atoms with Crippen LogP contribution in [0.15, 0.2) is 24.3 Å². The molecule has 1 unspecified atom stereocenters. The summed E-state index contributed by atoms with van der Waals surface area (Å²) in [6.45, 7) is 1.38. The quantitative estimate of drug-likeness (QED) is 0.632. The minimum absolute atomic E-state index is 0.396. The monoisotopic (exact) mass is 193 g/mol. The molecule has 0 aliphatic rings. The third kappa shape index (κ3) is 2.58. The molecule has 0 aliphatic heterocycles. The number of carbonyl (C=O) groups is 2. The largest absolute Gasteiger partial charge is 0.546 e. The van der Waals surface area contributed by atoms with Crippen LogP contribution < -0.4 is 9.84 Å². The smallest absolute Gasteiger partial charge is 0.150 e. The lowest BCUT2D eigenvalue weighted by Gasteiger charge is -2.14. The predicted molar refractivity (Wildman–Crippen MR) is 46.9 cm³/mol. The molecule has 1 atom stereocenters. The van der Waals surface area contributed by atoms with Crippen molar-refractivity contribution in [3.05, 3.63) is 29.8 Å². The van der Waals surface area contributed by atoms with Gasteiger partial charge in [0.1, 0.15) is 18.1 Å². The van der Waals surface area contributed by atoms with Crippen molar-refractivity contribution in [2.45, 2.75) is 13.0 Å². The number of carboxylic acid groups (broad SMARTS) is 1. The summed E-state index contributed by atoms with van der Waals surface area (Å²) >= 11 is 0. The molecule has 0 spiro atoms. The second-order valence-corrected chi connectivity index (χ2v) is 2.77. The molecule has 0 amide bonds. The Labute approximate surface area is 81.1 Å². The molecular formula is C10H9O4-. The number of ether oxygens (including phenoxy) is 1. The molecule has 14 heavy (non-hydrogen) atoms. The third-order valence-electron chi connectivity index (χ3n) is 1.66. The first-order valence-electron chi connectivity index (χ1n) is 4.06. The van der Waals surface area contributed by atoms with Crippen molar-refractivity contribution in [3.63, 3.8) is 0 Å². The Balaban J connectivity index is 2.68. The second kappa shape index (κ2) is 4.41. The van der Waals surface area contributed by atoms with Gasteiger partial charge < -0.3 is 14.6 Å². The molecule has 0 aromatic heterocycles. The number of hydrogen-bond donors (Lipinski definition) is 0. The summed E-state index contributed by atoms with van der Waals surface area (Å²) in [5, 5.41) is 10.3. The van der Waals surface area contributed by atoms with Crippen LogP contribution in [0.4, 0.5) is 0 Å². The van der Waals surface area contributed by atoms with Gasteiger partial charge in [-0.3, -0.25) is 4.79 Å². The molecule has 0 bridgehead atoms. The van der Waals surface area contributed by atoms with Gasteiger partial charge in [-0.25, -0.2) is 0 Å². The lowest BCUT2D eigenvalue weighted by Crippen LogP contribution is -2.37. The van der Waals surface area contributed by atoms with Gasteiger partial charge in [0.05, 0.1) is 5.97 Å². The van der Waals surface area contributed by atoms with Crippen molar-refractivity contribution < 1.29 is 19.4 Å². The maximum atomic E-state index is 10.3. The zero-order chi connectivity index (χ0) is 10.6. The molecule has 4 nitrogen and oxygen atoms in total. The Morgan fingerprint density at radius 3 is 2.43 bits per heavy atom. The van der Waals surface area contributed by atoms with E-state index in [4.69, 9.17) is 4.74 Å². The molecule has 1 aromatic rings. The molecule has 0 fully saturated rings. The highest BCUT2D eigenvalue weighted by molar-refractivity contribution is 5.75. The lowest BCUT2D eigenvalue weighted by atomic mass is 10.2. The Morgan fingerprint density at radius 2 is 2.00 bits per heavy atom. The van der Waals surface area contributed by atoms with Gasteiger partial charge in [-0.1, -0.05) is 0 Å². The van der Waals surface area contributed by atoms with Crippen LogP contribution in [-0.2, 0) is 4.79 Å². The van der Waals surface area contributed by atoms with E-state index in [1.54, 1.807) is 12.1 Å². The van der Waals surface area contributed by atoms with Crippen LogP contribution in [0.3, 0.4) is 0 Å². The van der Waals surface area contributed by atoms with Gasteiger partial charge >= 0.3 is 0 Å². The maximum Gasteiger partial charge on any atom is 0.150 e. The topological polar surface area (TPSA) is 66.4 Å². The molecule has 1 aromatic carbocycles. The maximum absolute atomic E-state index is 10.3. The van der Waals surface area contributed by atoms with Gasteiger partial charge in [-0.2, -0.15) is 0 Å². The van der Waals surface area contributed by atoms with Crippen LogP contribution in [0, 0.1) is 0 Å². The van der Waals surface area contributed by atoms with E-state index in [0.29, 0.717) is 17.6 Å². The second-order valence-electron chi connectivity index (χ2n) is 2.77. The van der Waals surface area contributed by atoms with E-state index < -0.39 is 12.1 Å². The fourth-order valence-corrected chi connectivity index (χ4v) is 0.877. The molecule has 0 aliphatic carbocycles. The van der Waals surface area contributed by atoms with Crippen molar-refractivity contribution in [1.82, 2.24) is 0 Å². The van der Waals surface area contributed by atoms with Crippen LogP contribution in [0.1, 0.15) is 17.3 Å². The summed E-state index contributed by atoms with van der Waals surface area (Å²) in [6, 6.07) is 6.15.